The highest BCUT2D eigenvalue weighted by Gasteiger charge is 2.36. The average Bonchev–Trinajstić information content (AvgIpc) is 3.06. The molecular formula is C18H15N3O2. The molecule has 0 spiro atoms. The number of benzene rings is 2. The second kappa shape index (κ2) is 4.71. The zero-order valence-electron chi connectivity index (χ0n) is 12.6. The Balaban J connectivity index is 1.87. The summed E-state index contributed by atoms with van der Waals surface area (Å²) in [5.41, 5.74) is 3.88. The normalized spacial score (nSPS) is 18.7. The van der Waals surface area contributed by atoms with Gasteiger partial charge in [-0.25, -0.2) is 0 Å². The van der Waals surface area contributed by atoms with E-state index in [9.17, 15) is 10.1 Å². The molecular weight excluding hydrogens is 290 g/mol. The van der Waals surface area contributed by atoms with Crippen molar-refractivity contribution in [3.63, 3.8) is 0 Å². The van der Waals surface area contributed by atoms with Gasteiger partial charge in [0.25, 0.3) is 5.69 Å². The van der Waals surface area contributed by atoms with Crippen molar-refractivity contribution in [2.24, 2.45) is 0 Å². The molecule has 0 bridgehead atoms. The minimum Gasteiger partial charge on any atom is -0.369 e. The SMILES string of the molecule is CC1(c2ccc([N+](=O)[O-])cc2)Nc2ccccc2-n2cccc21. The molecule has 5 nitrogen and oxygen atoms in total. The topological polar surface area (TPSA) is 60.1 Å². The Morgan fingerprint density at radius 2 is 1.78 bits per heavy atom. The van der Waals surface area contributed by atoms with Crippen molar-refractivity contribution in [1.82, 2.24) is 4.57 Å². The summed E-state index contributed by atoms with van der Waals surface area (Å²) in [5, 5.41) is 14.5. The second-order valence-electron chi connectivity index (χ2n) is 5.83. The first-order valence-electron chi connectivity index (χ1n) is 7.40. The first kappa shape index (κ1) is 13.6. The van der Waals surface area contributed by atoms with E-state index in [1.165, 1.54) is 0 Å². The Kier molecular flexibility index (Phi) is 2.78. The number of fused-ring (bicyclic) bond motifs is 3. The van der Waals surface area contributed by atoms with Crippen LogP contribution in [-0.2, 0) is 5.54 Å². The molecule has 1 N–H and O–H groups in total. The molecule has 2 aromatic carbocycles. The van der Waals surface area contributed by atoms with E-state index in [0.29, 0.717) is 0 Å². The molecule has 0 saturated carbocycles. The molecule has 2 heterocycles. The lowest BCUT2D eigenvalue weighted by atomic mass is 9.86. The largest absolute Gasteiger partial charge is 0.369 e. The molecule has 114 valence electrons. The summed E-state index contributed by atoms with van der Waals surface area (Å²) >= 11 is 0. The Morgan fingerprint density at radius 1 is 1.04 bits per heavy atom. The van der Waals surface area contributed by atoms with Crippen LogP contribution in [0.1, 0.15) is 18.2 Å². The fourth-order valence-corrected chi connectivity index (χ4v) is 3.26. The minimum absolute atomic E-state index is 0.101. The molecule has 0 saturated heterocycles. The van der Waals surface area contributed by atoms with Gasteiger partial charge in [-0.2, -0.15) is 0 Å². The number of rotatable bonds is 2. The van der Waals surface area contributed by atoms with Crippen LogP contribution in [0, 0.1) is 10.1 Å². The minimum atomic E-state index is -0.451. The van der Waals surface area contributed by atoms with E-state index in [2.05, 4.69) is 28.9 Å². The zero-order chi connectivity index (χ0) is 16.0. The Hall–Kier alpha value is -3.08. The van der Waals surface area contributed by atoms with Gasteiger partial charge in [-0.05, 0) is 48.9 Å². The maximum absolute atomic E-state index is 10.9. The summed E-state index contributed by atoms with van der Waals surface area (Å²) < 4.78 is 2.16. The predicted molar refractivity (Wildman–Crippen MR) is 88.9 cm³/mol. The Bertz CT molecular complexity index is 899. The highest BCUT2D eigenvalue weighted by Crippen LogP contribution is 2.41. The predicted octanol–water partition coefficient (Wildman–Crippen LogP) is 4.07. The number of para-hydroxylation sites is 2. The van der Waals surface area contributed by atoms with Gasteiger partial charge in [-0.3, -0.25) is 10.1 Å². The number of nitrogens with one attached hydrogen (secondary N) is 1. The fourth-order valence-electron chi connectivity index (χ4n) is 3.26. The number of nitro benzene ring substituents is 1. The summed E-state index contributed by atoms with van der Waals surface area (Å²) in [7, 11) is 0. The van der Waals surface area contributed by atoms with Crippen molar-refractivity contribution in [3.05, 3.63) is 88.2 Å². The van der Waals surface area contributed by atoms with Crippen molar-refractivity contribution in [1.29, 1.82) is 0 Å². The molecule has 5 heteroatoms. The van der Waals surface area contributed by atoms with Crippen LogP contribution in [0.25, 0.3) is 5.69 Å². The zero-order valence-corrected chi connectivity index (χ0v) is 12.6. The summed E-state index contributed by atoms with van der Waals surface area (Å²) in [6, 6.07) is 18.9. The van der Waals surface area contributed by atoms with Gasteiger partial charge in [0.1, 0.15) is 5.54 Å². The van der Waals surface area contributed by atoms with Crippen molar-refractivity contribution in [2.75, 3.05) is 5.32 Å². The van der Waals surface area contributed by atoms with E-state index in [1.54, 1.807) is 12.1 Å². The van der Waals surface area contributed by atoms with Gasteiger partial charge >= 0.3 is 0 Å². The Labute approximate surface area is 133 Å². The third kappa shape index (κ3) is 1.93. The molecule has 0 amide bonds. The van der Waals surface area contributed by atoms with E-state index >= 15 is 0 Å². The van der Waals surface area contributed by atoms with Gasteiger partial charge < -0.3 is 9.88 Å². The summed E-state index contributed by atoms with van der Waals surface area (Å²) in [5.74, 6) is 0. The Morgan fingerprint density at radius 3 is 2.52 bits per heavy atom. The third-order valence-electron chi connectivity index (χ3n) is 4.46. The first-order valence-corrected chi connectivity index (χ1v) is 7.40. The monoisotopic (exact) mass is 305 g/mol. The van der Waals surface area contributed by atoms with Crippen LogP contribution in [0.5, 0.6) is 0 Å². The van der Waals surface area contributed by atoms with Crippen LogP contribution in [0.15, 0.2) is 66.9 Å². The standard InChI is InChI=1S/C18H15N3O2/c1-18(13-8-10-14(11-9-13)21(22)23)17-7-4-12-20(17)16-6-3-2-5-15(16)19-18/h2-12,19H,1H3. The van der Waals surface area contributed by atoms with Crippen LogP contribution in [0.2, 0.25) is 0 Å². The van der Waals surface area contributed by atoms with Gasteiger partial charge in [0.15, 0.2) is 0 Å². The molecule has 1 aliphatic heterocycles. The quantitative estimate of drug-likeness (QED) is 0.573. The number of non-ortho nitro benzene ring substituents is 1. The molecule has 0 aliphatic carbocycles. The van der Waals surface area contributed by atoms with E-state index in [-0.39, 0.29) is 10.6 Å². The smallest absolute Gasteiger partial charge is 0.269 e. The lowest BCUT2D eigenvalue weighted by Crippen LogP contribution is -2.38. The first-order chi connectivity index (χ1) is 11.1. The number of nitrogens with zero attached hydrogens (tertiary/aromatic N) is 2. The van der Waals surface area contributed by atoms with E-state index in [1.807, 2.05) is 42.6 Å². The lowest BCUT2D eigenvalue weighted by molar-refractivity contribution is -0.384. The molecule has 3 aromatic rings. The number of nitro groups is 1. The maximum Gasteiger partial charge on any atom is 0.269 e. The lowest BCUT2D eigenvalue weighted by Gasteiger charge is -2.38. The second-order valence-corrected chi connectivity index (χ2v) is 5.83. The molecule has 23 heavy (non-hydrogen) atoms. The van der Waals surface area contributed by atoms with E-state index in [4.69, 9.17) is 0 Å². The van der Waals surface area contributed by atoms with E-state index in [0.717, 1.165) is 22.6 Å². The average molecular weight is 305 g/mol. The highest BCUT2D eigenvalue weighted by atomic mass is 16.6. The third-order valence-corrected chi connectivity index (χ3v) is 4.46. The van der Waals surface area contributed by atoms with Crippen LogP contribution >= 0.6 is 0 Å². The fraction of sp³-hybridized carbons (Fsp3) is 0.111. The van der Waals surface area contributed by atoms with Gasteiger partial charge in [0, 0.05) is 18.3 Å². The molecule has 0 radical (unpaired) electrons. The van der Waals surface area contributed by atoms with Crippen LogP contribution in [0.4, 0.5) is 11.4 Å². The highest BCUT2D eigenvalue weighted by molar-refractivity contribution is 5.68. The summed E-state index contributed by atoms with van der Waals surface area (Å²) in [6.07, 6.45) is 2.04. The van der Waals surface area contributed by atoms with Crippen molar-refractivity contribution >= 4 is 11.4 Å². The maximum atomic E-state index is 10.9. The van der Waals surface area contributed by atoms with Crippen LogP contribution < -0.4 is 5.32 Å². The molecule has 1 aliphatic rings. The van der Waals surface area contributed by atoms with Crippen molar-refractivity contribution in [3.8, 4) is 5.69 Å². The summed E-state index contributed by atoms with van der Waals surface area (Å²) in [4.78, 5) is 10.5. The van der Waals surface area contributed by atoms with Crippen LogP contribution in [-0.4, -0.2) is 9.49 Å². The number of hydrogen-bond acceptors (Lipinski definition) is 3. The van der Waals surface area contributed by atoms with Crippen molar-refractivity contribution < 1.29 is 4.92 Å². The van der Waals surface area contributed by atoms with Gasteiger partial charge in [0.05, 0.1) is 22.0 Å². The van der Waals surface area contributed by atoms with Gasteiger partial charge in [-0.15, -0.1) is 0 Å². The van der Waals surface area contributed by atoms with Crippen LogP contribution in [0.3, 0.4) is 0 Å². The van der Waals surface area contributed by atoms with Gasteiger partial charge in [0.2, 0.25) is 0 Å². The van der Waals surface area contributed by atoms with Crippen molar-refractivity contribution in [2.45, 2.75) is 12.5 Å². The number of hydrogen-bond donors (Lipinski definition) is 1. The molecule has 1 atom stereocenters. The molecule has 1 unspecified atom stereocenters. The van der Waals surface area contributed by atoms with Gasteiger partial charge in [-0.1, -0.05) is 12.1 Å². The summed E-state index contributed by atoms with van der Waals surface area (Å²) in [6.45, 7) is 2.09. The molecule has 4 rings (SSSR count). The molecule has 1 aromatic heterocycles. The number of aromatic nitrogens is 1. The molecule has 0 fully saturated rings. The number of anilines is 1. The van der Waals surface area contributed by atoms with E-state index < -0.39 is 5.54 Å².